The highest BCUT2D eigenvalue weighted by Crippen LogP contribution is 2.12. The first-order chi connectivity index (χ1) is 7.65. The molecule has 0 atom stereocenters. The van der Waals surface area contributed by atoms with Crippen LogP contribution in [0.2, 0.25) is 0 Å². The Labute approximate surface area is 93.5 Å². The fraction of sp³-hybridized carbons (Fsp3) is 0.250. The molecular formula is C12H13FN2O. The van der Waals surface area contributed by atoms with Gasteiger partial charge in [0.25, 0.3) is 0 Å². The molecule has 2 rings (SSSR count). The molecule has 1 heterocycles. The first-order valence-electron chi connectivity index (χ1n) is 5.03. The Balaban J connectivity index is 2.02. The second kappa shape index (κ2) is 4.35. The summed E-state index contributed by atoms with van der Waals surface area (Å²) in [6.07, 6.45) is 0. The van der Waals surface area contributed by atoms with E-state index in [-0.39, 0.29) is 5.82 Å². The molecule has 0 saturated heterocycles. The van der Waals surface area contributed by atoms with Crippen LogP contribution >= 0.6 is 0 Å². The van der Waals surface area contributed by atoms with E-state index in [1.807, 2.05) is 26.1 Å². The van der Waals surface area contributed by atoms with Crippen molar-refractivity contribution in [3.05, 3.63) is 47.4 Å². The summed E-state index contributed by atoms with van der Waals surface area (Å²) in [5, 5.41) is 4.15. The van der Waals surface area contributed by atoms with E-state index in [1.54, 1.807) is 10.7 Å². The number of halogens is 1. The van der Waals surface area contributed by atoms with Crippen LogP contribution in [0.4, 0.5) is 4.39 Å². The molecule has 0 saturated carbocycles. The van der Waals surface area contributed by atoms with E-state index in [9.17, 15) is 4.39 Å². The zero-order valence-electron chi connectivity index (χ0n) is 9.27. The van der Waals surface area contributed by atoms with E-state index in [0.717, 1.165) is 11.3 Å². The van der Waals surface area contributed by atoms with Crippen molar-refractivity contribution in [1.82, 2.24) is 9.78 Å². The molecule has 0 fully saturated rings. The topological polar surface area (TPSA) is 27.1 Å². The molecule has 1 aromatic heterocycles. The minimum absolute atomic E-state index is 0.252. The summed E-state index contributed by atoms with van der Waals surface area (Å²) in [4.78, 5) is 0. The molecule has 0 spiro atoms. The zero-order chi connectivity index (χ0) is 11.5. The number of hydrogen-bond donors (Lipinski definition) is 0. The molecule has 0 radical (unpaired) electrons. The quantitative estimate of drug-likeness (QED) is 0.794. The fourth-order valence-corrected chi connectivity index (χ4v) is 1.38. The Morgan fingerprint density at radius 1 is 1.38 bits per heavy atom. The van der Waals surface area contributed by atoms with E-state index in [2.05, 4.69) is 5.10 Å². The number of hydrogen-bond acceptors (Lipinski definition) is 2. The lowest BCUT2D eigenvalue weighted by Gasteiger charge is -2.02. The van der Waals surface area contributed by atoms with E-state index in [4.69, 9.17) is 4.74 Å². The second-order valence-corrected chi connectivity index (χ2v) is 3.67. The number of aryl methyl sites for hydroxylation is 2. The van der Waals surface area contributed by atoms with Gasteiger partial charge in [-0.3, -0.25) is 4.68 Å². The second-order valence-electron chi connectivity index (χ2n) is 3.67. The number of nitrogens with zero attached hydrogens (tertiary/aromatic N) is 2. The molecule has 0 N–H and O–H groups in total. The van der Waals surface area contributed by atoms with Crippen molar-refractivity contribution in [1.29, 1.82) is 0 Å². The highest BCUT2D eigenvalue weighted by Gasteiger charge is 2.02. The van der Waals surface area contributed by atoms with Gasteiger partial charge in [-0.25, -0.2) is 4.39 Å². The Kier molecular flexibility index (Phi) is 2.90. The molecule has 16 heavy (non-hydrogen) atoms. The van der Waals surface area contributed by atoms with Gasteiger partial charge in [-0.15, -0.1) is 5.10 Å². The van der Waals surface area contributed by atoms with Crippen LogP contribution in [-0.4, -0.2) is 9.78 Å². The summed E-state index contributed by atoms with van der Waals surface area (Å²) in [5.41, 5.74) is 1.82. The van der Waals surface area contributed by atoms with E-state index in [1.165, 1.54) is 12.1 Å². The van der Waals surface area contributed by atoms with E-state index < -0.39 is 0 Å². The van der Waals surface area contributed by atoms with Gasteiger partial charge in [0.2, 0.25) is 5.88 Å². The van der Waals surface area contributed by atoms with Crippen LogP contribution in [0.3, 0.4) is 0 Å². The van der Waals surface area contributed by atoms with Crippen LogP contribution in [0, 0.1) is 12.7 Å². The van der Waals surface area contributed by atoms with Crippen molar-refractivity contribution in [3.8, 4) is 5.88 Å². The van der Waals surface area contributed by atoms with Crippen molar-refractivity contribution in [2.24, 2.45) is 7.05 Å². The average molecular weight is 220 g/mol. The normalized spacial score (nSPS) is 10.4. The monoisotopic (exact) mass is 220 g/mol. The number of benzene rings is 1. The molecule has 0 aliphatic rings. The maximum absolute atomic E-state index is 12.9. The molecule has 2 aromatic rings. The minimum Gasteiger partial charge on any atom is -0.472 e. The van der Waals surface area contributed by atoms with E-state index >= 15 is 0 Å². The van der Waals surface area contributed by atoms with Crippen LogP contribution in [-0.2, 0) is 13.7 Å². The Morgan fingerprint density at radius 2 is 2.19 bits per heavy atom. The van der Waals surface area contributed by atoms with Gasteiger partial charge in [0.15, 0.2) is 0 Å². The molecule has 3 nitrogen and oxygen atoms in total. The maximum atomic E-state index is 12.9. The molecule has 84 valence electrons. The molecule has 1 aromatic carbocycles. The van der Waals surface area contributed by atoms with Gasteiger partial charge >= 0.3 is 0 Å². The van der Waals surface area contributed by atoms with Crippen LogP contribution in [0.1, 0.15) is 11.3 Å². The highest BCUT2D eigenvalue weighted by atomic mass is 19.1. The first-order valence-corrected chi connectivity index (χ1v) is 5.03. The largest absolute Gasteiger partial charge is 0.472 e. The fourth-order valence-electron chi connectivity index (χ4n) is 1.38. The van der Waals surface area contributed by atoms with Crippen molar-refractivity contribution >= 4 is 0 Å². The summed E-state index contributed by atoms with van der Waals surface area (Å²) in [6.45, 7) is 2.27. The predicted octanol–water partition coefficient (Wildman–Crippen LogP) is 2.45. The standard InChI is InChI=1S/C12H13FN2O/c1-9-6-12(14-15(9)2)16-8-10-4-3-5-11(13)7-10/h3-7H,8H2,1-2H3. The summed E-state index contributed by atoms with van der Waals surface area (Å²) < 4.78 is 20.1. The van der Waals surface area contributed by atoms with Gasteiger partial charge in [0.1, 0.15) is 12.4 Å². The van der Waals surface area contributed by atoms with Crippen LogP contribution in [0.25, 0.3) is 0 Å². The van der Waals surface area contributed by atoms with Gasteiger partial charge in [0.05, 0.1) is 0 Å². The van der Waals surface area contributed by atoms with Crippen molar-refractivity contribution in [3.63, 3.8) is 0 Å². The van der Waals surface area contributed by atoms with Crippen LogP contribution in [0.15, 0.2) is 30.3 Å². The molecule has 0 amide bonds. The van der Waals surface area contributed by atoms with Crippen molar-refractivity contribution < 1.29 is 9.13 Å². The SMILES string of the molecule is Cc1cc(OCc2cccc(F)c2)nn1C. The number of rotatable bonds is 3. The maximum Gasteiger partial charge on any atom is 0.233 e. The predicted molar refractivity (Wildman–Crippen MR) is 58.7 cm³/mol. The van der Waals surface area contributed by atoms with Gasteiger partial charge in [-0.1, -0.05) is 12.1 Å². The summed E-state index contributed by atoms with van der Waals surface area (Å²) in [7, 11) is 1.85. The Hall–Kier alpha value is -1.84. The molecule has 4 heteroatoms. The summed E-state index contributed by atoms with van der Waals surface area (Å²) in [5.74, 6) is 0.308. The number of aromatic nitrogens is 2. The van der Waals surface area contributed by atoms with Gasteiger partial charge < -0.3 is 4.74 Å². The smallest absolute Gasteiger partial charge is 0.233 e. The third kappa shape index (κ3) is 2.39. The van der Waals surface area contributed by atoms with Gasteiger partial charge in [0, 0.05) is 18.8 Å². The lowest BCUT2D eigenvalue weighted by molar-refractivity contribution is 0.290. The Morgan fingerprint density at radius 3 is 2.81 bits per heavy atom. The van der Waals surface area contributed by atoms with Gasteiger partial charge in [-0.2, -0.15) is 0 Å². The minimum atomic E-state index is -0.252. The van der Waals surface area contributed by atoms with Crippen molar-refractivity contribution in [2.75, 3.05) is 0 Å². The molecular weight excluding hydrogens is 207 g/mol. The lowest BCUT2D eigenvalue weighted by atomic mass is 10.2. The highest BCUT2D eigenvalue weighted by molar-refractivity contribution is 5.18. The van der Waals surface area contributed by atoms with E-state index in [0.29, 0.717) is 12.5 Å². The van der Waals surface area contributed by atoms with Gasteiger partial charge in [-0.05, 0) is 24.6 Å². The molecule has 0 unspecified atom stereocenters. The zero-order valence-corrected chi connectivity index (χ0v) is 9.27. The Bertz CT molecular complexity index is 474. The molecule has 0 aliphatic carbocycles. The molecule has 0 aliphatic heterocycles. The third-order valence-electron chi connectivity index (χ3n) is 2.37. The summed E-state index contributed by atoms with van der Waals surface area (Å²) in [6, 6.07) is 8.19. The van der Waals surface area contributed by atoms with Crippen molar-refractivity contribution in [2.45, 2.75) is 13.5 Å². The average Bonchev–Trinajstić information content (AvgIpc) is 2.56. The van der Waals surface area contributed by atoms with Crippen LogP contribution in [0.5, 0.6) is 5.88 Å². The third-order valence-corrected chi connectivity index (χ3v) is 2.37. The lowest BCUT2D eigenvalue weighted by Crippen LogP contribution is -1.97. The first kappa shape index (κ1) is 10.7. The summed E-state index contributed by atoms with van der Waals surface area (Å²) >= 11 is 0. The van der Waals surface area contributed by atoms with Crippen LogP contribution < -0.4 is 4.74 Å². The number of ether oxygens (including phenoxy) is 1. The molecule has 0 bridgehead atoms.